The van der Waals surface area contributed by atoms with Crippen molar-refractivity contribution >= 4 is 44.0 Å². The van der Waals surface area contributed by atoms with Gasteiger partial charge in [-0.3, -0.25) is 0 Å². The van der Waals surface area contributed by atoms with Crippen LogP contribution in [-0.2, 0) is 0 Å². The molecule has 0 spiro atoms. The molecule has 0 unspecified atom stereocenters. The lowest BCUT2D eigenvalue weighted by Gasteiger charge is -2.02. The van der Waals surface area contributed by atoms with Crippen molar-refractivity contribution in [2.45, 2.75) is 0 Å². The molecule has 0 aliphatic rings. The van der Waals surface area contributed by atoms with Crippen molar-refractivity contribution in [2.24, 2.45) is 0 Å². The fourth-order valence-corrected chi connectivity index (χ4v) is 2.56. The zero-order chi connectivity index (χ0) is 15.1. The number of nitrogens with zero attached hydrogens (tertiary/aromatic N) is 4. The molecule has 0 atom stereocenters. The van der Waals surface area contributed by atoms with Gasteiger partial charge in [0.2, 0.25) is 5.65 Å². The van der Waals surface area contributed by atoms with Crippen LogP contribution in [0.25, 0.3) is 22.1 Å². The summed E-state index contributed by atoms with van der Waals surface area (Å²) >= 11 is 3.39. The van der Waals surface area contributed by atoms with Crippen molar-refractivity contribution in [3.05, 3.63) is 52.8 Å². The van der Waals surface area contributed by atoms with Gasteiger partial charge in [0, 0.05) is 27.8 Å². The molecule has 0 amide bonds. The number of hydrogen-bond donors (Lipinski definition) is 1. The van der Waals surface area contributed by atoms with Gasteiger partial charge in [-0.15, -0.1) is 5.10 Å². The lowest BCUT2D eigenvalue weighted by Crippen LogP contribution is -2.20. The molecule has 3 aromatic heterocycles. The zero-order valence-electron chi connectivity index (χ0n) is 11.0. The van der Waals surface area contributed by atoms with Gasteiger partial charge in [-0.25, -0.2) is 9.78 Å². The van der Waals surface area contributed by atoms with Crippen molar-refractivity contribution < 1.29 is 9.63 Å². The summed E-state index contributed by atoms with van der Waals surface area (Å²) in [5.74, 6) is -0.528. The Kier molecular flexibility index (Phi) is 2.90. The number of hydrogen-bond acceptors (Lipinski definition) is 5. The molecule has 1 N–H and O–H groups in total. The standard InChI is InChI=1S/C14H8BrN5O2/c15-8-3-4-11-9(6-8)10(7-17-11)14(21)22-20-12-2-1-5-16-13(12)18-19-20/h1-7,17H. The molecule has 0 saturated carbocycles. The first-order valence-corrected chi connectivity index (χ1v) is 7.17. The minimum Gasteiger partial charge on any atom is -0.360 e. The highest BCUT2D eigenvalue weighted by molar-refractivity contribution is 9.10. The van der Waals surface area contributed by atoms with E-state index in [0.29, 0.717) is 16.7 Å². The highest BCUT2D eigenvalue weighted by atomic mass is 79.9. The number of nitrogens with one attached hydrogen (secondary N) is 1. The van der Waals surface area contributed by atoms with Crippen LogP contribution in [0.15, 0.2) is 47.2 Å². The van der Waals surface area contributed by atoms with E-state index in [1.165, 1.54) is 0 Å². The third-order valence-electron chi connectivity index (χ3n) is 3.23. The van der Waals surface area contributed by atoms with Gasteiger partial charge >= 0.3 is 5.97 Å². The maximum Gasteiger partial charge on any atom is 0.367 e. The average molecular weight is 358 g/mol. The number of pyridine rings is 1. The number of carbonyl (C=O) groups is 1. The number of rotatable bonds is 2. The molecule has 0 fully saturated rings. The Bertz CT molecular complexity index is 1010. The fraction of sp³-hybridized carbons (Fsp3) is 0. The Morgan fingerprint density at radius 2 is 2.23 bits per heavy atom. The summed E-state index contributed by atoms with van der Waals surface area (Å²) in [5, 5.41) is 8.39. The summed E-state index contributed by atoms with van der Waals surface area (Å²) in [6.07, 6.45) is 3.21. The van der Waals surface area contributed by atoms with Crippen LogP contribution in [-0.4, -0.2) is 31.1 Å². The van der Waals surface area contributed by atoms with Gasteiger partial charge in [-0.1, -0.05) is 20.8 Å². The predicted molar refractivity (Wildman–Crippen MR) is 82.2 cm³/mol. The quantitative estimate of drug-likeness (QED) is 0.556. The lowest BCUT2D eigenvalue weighted by molar-refractivity contribution is 0.0411. The molecule has 0 saturated heterocycles. The molecule has 1 aromatic carbocycles. The molecule has 22 heavy (non-hydrogen) atoms. The Morgan fingerprint density at radius 1 is 1.32 bits per heavy atom. The third kappa shape index (κ3) is 2.04. The number of halogens is 1. The summed E-state index contributed by atoms with van der Waals surface area (Å²) in [7, 11) is 0. The Morgan fingerprint density at radius 3 is 3.14 bits per heavy atom. The Balaban J connectivity index is 1.73. The number of benzene rings is 1. The second-order valence-corrected chi connectivity index (χ2v) is 5.50. The second-order valence-electron chi connectivity index (χ2n) is 4.58. The van der Waals surface area contributed by atoms with Crippen LogP contribution in [0, 0.1) is 0 Å². The average Bonchev–Trinajstić information content (AvgIpc) is 3.11. The summed E-state index contributed by atoms with van der Waals surface area (Å²) in [4.78, 5) is 25.8. The minimum atomic E-state index is -0.528. The number of fused-ring (bicyclic) bond motifs is 2. The van der Waals surface area contributed by atoms with Gasteiger partial charge in [0.25, 0.3) is 0 Å². The van der Waals surface area contributed by atoms with E-state index < -0.39 is 5.97 Å². The van der Waals surface area contributed by atoms with Crippen molar-refractivity contribution in [1.82, 2.24) is 25.1 Å². The predicted octanol–water partition coefficient (Wildman–Crippen LogP) is 2.34. The summed E-state index contributed by atoms with van der Waals surface area (Å²) in [6, 6.07) is 9.07. The molecule has 108 valence electrons. The second kappa shape index (κ2) is 4.92. The molecular formula is C14H8BrN5O2. The van der Waals surface area contributed by atoms with Gasteiger partial charge in [-0.2, -0.15) is 0 Å². The van der Waals surface area contributed by atoms with E-state index in [9.17, 15) is 4.79 Å². The SMILES string of the molecule is O=C(On1nnc2ncccc21)c1c[nH]c2ccc(Br)cc12. The largest absolute Gasteiger partial charge is 0.367 e. The molecule has 7 nitrogen and oxygen atoms in total. The van der Waals surface area contributed by atoms with Crippen LogP contribution in [0.2, 0.25) is 0 Å². The molecule has 8 heteroatoms. The molecule has 0 aliphatic carbocycles. The Labute approximate surface area is 132 Å². The number of H-pyrrole nitrogens is 1. The smallest absolute Gasteiger partial charge is 0.360 e. The van der Waals surface area contributed by atoms with E-state index in [0.717, 1.165) is 20.2 Å². The molecule has 0 aliphatic heterocycles. The van der Waals surface area contributed by atoms with E-state index in [2.05, 4.69) is 36.2 Å². The van der Waals surface area contributed by atoms with Crippen LogP contribution >= 0.6 is 15.9 Å². The maximum atomic E-state index is 12.4. The summed E-state index contributed by atoms with van der Waals surface area (Å²) in [6.45, 7) is 0. The van der Waals surface area contributed by atoms with Crippen molar-refractivity contribution in [3.63, 3.8) is 0 Å². The molecular weight excluding hydrogens is 350 g/mol. The first-order valence-electron chi connectivity index (χ1n) is 6.38. The lowest BCUT2D eigenvalue weighted by atomic mass is 10.2. The summed E-state index contributed by atoms with van der Waals surface area (Å²) in [5.41, 5.74) is 2.21. The van der Waals surface area contributed by atoms with Gasteiger partial charge in [0.05, 0.1) is 5.56 Å². The maximum absolute atomic E-state index is 12.4. The van der Waals surface area contributed by atoms with E-state index in [1.54, 1.807) is 24.5 Å². The van der Waals surface area contributed by atoms with Crippen LogP contribution in [0.1, 0.15) is 10.4 Å². The van der Waals surface area contributed by atoms with Crippen molar-refractivity contribution in [2.75, 3.05) is 0 Å². The first kappa shape index (κ1) is 13.0. The van der Waals surface area contributed by atoms with Gasteiger partial charge in [0.15, 0.2) is 5.52 Å². The van der Waals surface area contributed by atoms with Crippen molar-refractivity contribution in [1.29, 1.82) is 0 Å². The van der Waals surface area contributed by atoms with E-state index >= 15 is 0 Å². The first-order chi connectivity index (χ1) is 10.7. The zero-order valence-corrected chi connectivity index (χ0v) is 12.6. The molecule has 0 bridgehead atoms. The van der Waals surface area contributed by atoms with E-state index in [4.69, 9.17) is 4.84 Å². The van der Waals surface area contributed by atoms with Crippen LogP contribution in [0.3, 0.4) is 0 Å². The summed E-state index contributed by atoms with van der Waals surface area (Å²) < 4.78 is 0.879. The van der Waals surface area contributed by atoms with Gasteiger partial charge in [-0.05, 0) is 35.5 Å². The van der Waals surface area contributed by atoms with Crippen LogP contribution in [0.5, 0.6) is 0 Å². The number of aromatic nitrogens is 5. The van der Waals surface area contributed by atoms with E-state index in [1.807, 2.05) is 18.2 Å². The molecule has 0 radical (unpaired) electrons. The van der Waals surface area contributed by atoms with Gasteiger partial charge in [0.1, 0.15) is 0 Å². The monoisotopic (exact) mass is 357 g/mol. The Hall–Kier alpha value is -2.74. The van der Waals surface area contributed by atoms with E-state index in [-0.39, 0.29) is 0 Å². The van der Waals surface area contributed by atoms with Gasteiger partial charge < -0.3 is 9.82 Å². The highest BCUT2D eigenvalue weighted by Crippen LogP contribution is 2.23. The third-order valence-corrected chi connectivity index (χ3v) is 3.72. The van der Waals surface area contributed by atoms with Crippen LogP contribution in [0.4, 0.5) is 0 Å². The van der Waals surface area contributed by atoms with Crippen molar-refractivity contribution in [3.8, 4) is 0 Å². The fourth-order valence-electron chi connectivity index (χ4n) is 2.20. The molecule has 4 aromatic rings. The normalized spacial score (nSPS) is 11.1. The highest BCUT2D eigenvalue weighted by Gasteiger charge is 2.17. The topological polar surface area (TPSA) is 85.7 Å². The van der Waals surface area contributed by atoms with Crippen LogP contribution < -0.4 is 4.84 Å². The molecule has 3 heterocycles. The number of carbonyl (C=O) groups excluding carboxylic acids is 1. The number of aromatic amines is 1. The molecule has 4 rings (SSSR count). The minimum absolute atomic E-state index is 0.414.